The highest BCUT2D eigenvalue weighted by molar-refractivity contribution is 5.30. The number of ether oxygens (including phenoxy) is 1. The van der Waals surface area contributed by atoms with E-state index in [1.807, 2.05) is 0 Å². The maximum absolute atomic E-state index is 12.5. The van der Waals surface area contributed by atoms with Crippen molar-refractivity contribution in [3.63, 3.8) is 0 Å². The molecule has 0 atom stereocenters. The summed E-state index contributed by atoms with van der Waals surface area (Å²) < 4.78 is 42.8. The van der Waals surface area contributed by atoms with Gasteiger partial charge in [0.1, 0.15) is 12.4 Å². The lowest BCUT2D eigenvalue weighted by atomic mass is 10.1. The lowest BCUT2D eigenvalue weighted by Gasteiger charge is -2.15. The monoisotopic (exact) mass is 257 g/mol. The van der Waals surface area contributed by atoms with Crippen LogP contribution in [0.15, 0.2) is 35.9 Å². The molecule has 0 amide bonds. The average Bonchev–Trinajstić information content (AvgIpc) is 2.37. The van der Waals surface area contributed by atoms with Crippen LogP contribution in [0.3, 0.4) is 0 Å². The molecule has 0 spiro atoms. The molecule has 1 aliphatic rings. The van der Waals surface area contributed by atoms with E-state index >= 15 is 0 Å². The minimum Gasteiger partial charge on any atom is -0.489 e. The highest BCUT2D eigenvalue weighted by Crippen LogP contribution is 2.31. The molecule has 2 nitrogen and oxygen atoms in total. The second-order valence-corrected chi connectivity index (χ2v) is 4.14. The van der Waals surface area contributed by atoms with Gasteiger partial charge in [0.05, 0.1) is 5.56 Å². The molecule has 0 unspecified atom stereocenters. The minimum absolute atomic E-state index is 0.247. The molecular weight excluding hydrogens is 243 g/mol. The van der Waals surface area contributed by atoms with Crippen molar-refractivity contribution in [2.75, 3.05) is 19.7 Å². The van der Waals surface area contributed by atoms with Crippen molar-refractivity contribution < 1.29 is 17.9 Å². The lowest BCUT2D eigenvalue weighted by molar-refractivity contribution is -0.137. The van der Waals surface area contributed by atoms with Crippen LogP contribution in [0.4, 0.5) is 13.2 Å². The van der Waals surface area contributed by atoms with E-state index in [1.54, 1.807) is 0 Å². The highest BCUT2D eigenvalue weighted by atomic mass is 19.4. The number of rotatable bonds is 3. The number of alkyl halides is 3. The lowest BCUT2D eigenvalue weighted by Crippen LogP contribution is -2.24. The summed E-state index contributed by atoms with van der Waals surface area (Å²) in [6.45, 7) is 2.00. The van der Waals surface area contributed by atoms with Crippen LogP contribution < -0.4 is 10.1 Å². The zero-order valence-electron chi connectivity index (χ0n) is 9.76. The fraction of sp³-hybridized carbons (Fsp3) is 0.385. The molecule has 1 N–H and O–H groups in total. The Morgan fingerprint density at radius 1 is 1.28 bits per heavy atom. The standard InChI is InChI=1S/C13H14F3NO/c14-13(15,16)11-4-1-5-12(7-11)18-9-10-3-2-6-17-8-10/h1,3-5,7,17H,2,6,8-9H2. The molecule has 1 aromatic rings. The summed E-state index contributed by atoms with van der Waals surface area (Å²) in [5.74, 6) is 0.247. The number of nitrogens with one attached hydrogen (secondary N) is 1. The van der Waals surface area contributed by atoms with Gasteiger partial charge in [-0.05, 0) is 36.7 Å². The van der Waals surface area contributed by atoms with Crippen LogP contribution in [0.2, 0.25) is 0 Å². The van der Waals surface area contributed by atoms with Crippen LogP contribution >= 0.6 is 0 Å². The van der Waals surface area contributed by atoms with Gasteiger partial charge in [0.25, 0.3) is 0 Å². The third kappa shape index (κ3) is 3.50. The maximum atomic E-state index is 12.5. The summed E-state index contributed by atoms with van der Waals surface area (Å²) in [4.78, 5) is 0. The first-order valence-electron chi connectivity index (χ1n) is 5.74. The van der Waals surface area contributed by atoms with Gasteiger partial charge in [-0.2, -0.15) is 13.2 Å². The molecule has 1 aliphatic heterocycles. The van der Waals surface area contributed by atoms with Crippen LogP contribution in [0.25, 0.3) is 0 Å². The third-order valence-electron chi connectivity index (χ3n) is 2.69. The molecule has 1 heterocycles. The predicted octanol–water partition coefficient (Wildman–Crippen LogP) is 3.00. The first kappa shape index (κ1) is 13.0. The maximum Gasteiger partial charge on any atom is 0.416 e. The first-order chi connectivity index (χ1) is 8.55. The van der Waals surface area contributed by atoms with Gasteiger partial charge >= 0.3 is 6.18 Å². The molecule has 0 bridgehead atoms. The van der Waals surface area contributed by atoms with Crippen molar-refractivity contribution in [3.8, 4) is 5.75 Å². The summed E-state index contributed by atoms with van der Waals surface area (Å²) in [5.41, 5.74) is 0.384. The number of benzene rings is 1. The normalized spacial score (nSPS) is 16.3. The minimum atomic E-state index is -4.33. The topological polar surface area (TPSA) is 21.3 Å². The van der Waals surface area contributed by atoms with Crippen molar-refractivity contribution in [3.05, 3.63) is 41.5 Å². The van der Waals surface area contributed by atoms with Gasteiger partial charge in [0.15, 0.2) is 0 Å². The predicted molar refractivity (Wildman–Crippen MR) is 62.5 cm³/mol. The Morgan fingerprint density at radius 3 is 2.78 bits per heavy atom. The Morgan fingerprint density at radius 2 is 2.11 bits per heavy atom. The zero-order chi connectivity index (χ0) is 13.0. The van der Waals surface area contributed by atoms with Crippen molar-refractivity contribution >= 4 is 0 Å². The molecule has 1 aromatic carbocycles. The van der Waals surface area contributed by atoms with Crippen LogP contribution in [-0.2, 0) is 6.18 Å². The molecule has 0 saturated carbocycles. The molecule has 0 radical (unpaired) electrons. The first-order valence-corrected chi connectivity index (χ1v) is 5.74. The average molecular weight is 257 g/mol. The quantitative estimate of drug-likeness (QED) is 0.840. The fourth-order valence-corrected chi connectivity index (χ4v) is 1.75. The van der Waals surface area contributed by atoms with Gasteiger partial charge in [0, 0.05) is 6.54 Å². The number of hydrogen-bond acceptors (Lipinski definition) is 2. The van der Waals surface area contributed by atoms with E-state index < -0.39 is 11.7 Å². The smallest absolute Gasteiger partial charge is 0.416 e. The summed E-state index contributed by atoms with van der Waals surface area (Å²) >= 11 is 0. The Kier molecular flexibility index (Phi) is 3.91. The van der Waals surface area contributed by atoms with Gasteiger partial charge in [-0.1, -0.05) is 12.1 Å². The van der Waals surface area contributed by atoms with Gasteiger partial charge in [0.2, 0.25) is 0 Å². The fourth-order valence-electron chi connectivity index (χ4n) is 1.75. The van der Waals surface area contributed by atoms with Crippen LogP contribution in [0.5, 0.6) is 5.75 Å². The molecule has 0 fully saturated rings. The van der Waals surface area contributed by atoms with E-state index in [2.05, 4.69) is 11.4 Å². The second-order valence-electron chi connectivity index (χ2n) is 4.14. The van der Waals surface area contributed by atoms with E-state index in [0.29, 0.717) is 6.61 Å². The van der Waals surface area contributed by atoms with Gasteiger partial charge in [-0.15, -0.1) is 0 Å². The Labute approximate surface area is 103 Å². The van der Waals surface area contributed by atoms with E-state index in [0.717, 1.165) is 37.2 Å². The highest BCUT2D eigenvalue weighted by Gasteiger charge is 2.30. The Bertz CT molecular complexity index is 440. The van der Waals surface area contributed by atoms with Gasteiger partial charge < -0.3 is 10.1 Å². The van der Waals surface area contributed by atoms with Crippen LogP contribution in [-0.4, -0.2) is 19.7 Å². The summed E-state index contributed by atoms with van der Waals surface area (Å²) in [6, 6.07) is 4.95. The van der Waals surface area contributed by atoms with E-state index in [9.17, 15) is 13.2 Å². The zero-order valence-corrected chi connectivity index (χ0v) is 9.76. The molecule has 18 heavy (non-hydrogen) atoms. The SMILES string of the molecule is FC(F)(F)c1cccc(OCC2=CCCNC2)c1. The summed E-state index contributed by atoms with van der Waals surface area (Å²) in [6.07, 6.45) is -1.34. The molecule has 0 aliphatic carbocycles. The molecule has 0 aromatic heterocycles. The Balaban J connectivity index is 1.99. The molecule has 5 heteroatoms. The van der Waals surface area contributed by atoms with Crippen molar-refractivity contribution in [2.24, 2.45) is 0 Å². The number of halogens is 3. The second kappa shape index (κ2) is 5.44. The van der Waals surface area contributed by atoms with Gasteiger partial charge in [-0.25, -0.2) is 0 Å². The van der Waals surface area contributed by atoms with Crippen molar-refractivity contribution in [2.45, 2.75) is 12.6 Å². The van der Waals surface area contributed by atoms with Crippen molar-refractivity contribution in [1.29, 1.82) is 0 Å². The molecule has 2 rings (SSSR count). The molecule has 98 valence electrons. The van der Waals surface area contributed by atoms with E-state index in [-0.39, 0.29) is 5.75 Å². The summed E-state index contributed by atoms with van der Waals surface area (Å²) in [7, 11) is 0. The van der Waals surface area contributed by atoms with E-state index in [4.69, 9.17) is 4.74 Å². The third-order valence-corrected chi connectivity index (χ3v) is 2.69. The Hall–Kier alpha value is -1.49. The largest absolute Gasteiger partial charge is 0.489 e. The number of hydrogen-bond donors (Lipinski definition) is 1. The molecule has 0 saturated heterocycles. The van der Waals surface area contributed by atoms with Crippen LogP contribution in [0, 0.1) is 0 Å². The molecular formula is C13H14F3NO. The van der Waals surface area contributed by atoms with Crippen LogP contribution in [0.1, 0.15) is 12.0 Å². The van der Waals surface area contributed by atoms with E-state index in [1.165, 1.54) is 12.1 Å². The van der Waals surface area contributed by atoms with Gasteiger partial charge in [-0.3, -0.25) is 0 Å². The summed E-state index contributed by atoms with van der Waals surface area (Å²) in [5, 5.41) is 3.18. The van der Waals surface area contributed by atoms with Crippen molar-refractivity contribution in [1.82, 2.24) is 5.32 Å².